The summed E-state index contributed by atoms with van der Waals surface area (Å²) in [4.78, 5) is 9.58. The molecule has 1 saturated carbocycles. The molecule has 7 heteroatoms. The fourth-order valence-corrected chi connectivity index (χ4v) is 5.47. The first-order valence-corrected chi connectivity index (χ1v) is 11.7. The first kappa shape index (κ1) is 21.2. The third kappa shape index (κ3) is 3.46. The van der Waals surface area contributed by atoms with E-state index in [1.54, 1.807) is 18.2 Å². The highest BCUT2D eigenvalue weighted by Crippen LogP contribution is 2.51. The molecule has 0 bridgehead atoms. The molecule has 5 nitrogen and oxygen atoms in total. The maximum absolute atomic E-state index is 14.6. The number of benzene rings is 2. The number of aliphatic imine (C=N–C) groups is 1. The van der Waals surface area contributed by atoms with Crippen LogP contribution in [0.4, 0.5) is 8.78 Å². The fraction of sp³-hybridized carbons (Fsp3) is 0.333. The van der Waals surface area contributed by atoms with Crippen molar-refractivity contribution in [3.8, 4) is 22.8 Å². The number of fused-ring (bicyclic) bond motifs is 4. The molecule has 2 aliphatic heterocycles. The van der Waals surface area contributed by atoms with Gasteiger partial charge >= 0.3 is 0 Å². The zero-order chi connectivity index (χ0) is 23.3. The molecule has 0 amide bonds. The summed E-state index contributed by atoms with van der Waals surface area (Å²) in [6.45, 7) is 0.489. The molecule has 1 atom stereocenters. The fourth-order valence-electron chi connectivity index (χ4n) is 5.47. The van der Waals surface area contributed by atoms with E-state index < -0.39 is 17.2 Å². The van der Waals surface area contributed by atoms with Crippen molar-refractivity contribution in [3.05, 3.63) is 77.0 Å². The van der Waals surface area contributed by atoms with Gasteiger partial charge in [-0.1, -0.05) is 25.3 Å². The van der Waals surface area contributed by atoms with E-state index in [2.05, 4.69) is 11.1 Å². The Balaban J connectivity index is 1.53. The molecule has 1 fully saturated rings. The minimum Gasteiger partial charge on any atom is -0.438 e. The van der Waals surface area contributed by atoms with Crippen LogP contribution in [0.1, 0.15) is 54.7 Å². The van der Waals surface area contributed by atoms with Gasteiger partial charge < -0.3 is 15.2 Å². The van der Waals surface area contributed by atoms with Crippen LogP contribution in [-0.4, -0.2) is 24.0 Å². The van der Waals surface area contributed by atoms with Gasteiger partial charge in [0.15, 0.2) is 0 Å². The summed E-state index contributed by atoms with van der Waals surface area (Å²) in [5.41, 5.74) is 8.57. The van der Waals surface area contributed by atoms with Crippen LogP contribution in [0, 0.1) is 11.6 Å². The van der Waals surface area contributed by atoms with Crippen LogP contribution < -0.4 is 10.5 Å². The summed E-state index contributed by atoms with van der Waals surface area (Å²) in [5, 5.41) is 0. The minimum absolute atomic E-state index is 0.173. The zero-order valence-corrected chi connectivity index (χ0v) is 18.7. The van der Waals surface area contributed by atoms with Crippen molar-refractivity contribution >= 4 is 5.84 Å². The molecule has 34 heavy (non-hydrogen) atoms. The van der Waals surface area contributed by atoms with Gasteiger partial charge in [0.05, 0.1) is 6.61 Å². The number of amidine groups is 1. The van der Waals surface area contributed by atoms with Crippen LogP contribution in [-0.2, 0) is 10.3 Å². The number of nitrogens with zero attached hydrogens (tertiary/aromatic N) is 2. The molecule has 3 aromatic rings. The molecule has 2 N–H and O–H groups in total. The molecule has 0 unspecified atom stereocenters. The number of pyridine rings is 1. The van der Waals surface area contributed by atoms with Gasteiger partial charge in [-0.2, -0.15) is 0 Å². The first-order chi connectivity index (χ1) is 16.5. The normalized spacial score (nSPS) is 22.0. The Morgan fingerprint density at radius 2 is 1.82 bits per heavy atom. The summed E-state index contributed by atoms with van der Waals surface area (Å²) < 4.78 is 40.6. The Kier molecular flexibility index (Phi) is 5.10. The Labute approximate surface area is 196 Å². The maximum atomic E-state index is 14.6. The van der Waals surface area contributed by atoms with Crippen molar-refractivity contribution in [2.45, 2.75) is 43.6 Å². The summed E-state index contributed by atoms with van der Waals surface area (Å²) >= 11 is 0. The Bertz CT molecular complexity index is 1300. The van der Waals surface area contributed by atoms with E-state index in [9.17, 15) is 8.78 Å². The van der Waals surface area contributed by atoms with Crippen LogP contribution >= 0.6 is 0 Å². The van der Waals surface area contributed by atoms with Gasteiger partial charge in [0.2, 0.25) is 5.88 Å². The number of hydrogen-bond acceptors (Lipinski definition) is 5. The Morgan fingerprint density at radius 3 is 2.65 bits per heavy atom. The molecule has 1 spiro atoms. The van der Waals surface area contributed by atoms with Crippen molar-refractivity contribution in [3.63, 3.8) is 0 Å². The molecule has 6 rings (SSSR count). The van der Waals surface area contributed by atoms with E-state index in [0.717, 1.165) is 36.1 Å². The second-order valence-corrected chi connectivity index (χ2v) is 9.35. The van der Waals surface area contributed by atoms with Crippen LogP contribution in [0.5, 0.6) is 11.6 Å². The molecule has 2 aromatic carbocycles. The predicted molar refractivity (Wildman–Crippen MR) is 125 cm³/mol. The van der Waals surface area contributed by atoms with Crippen LogP contribution in [0.2, 0.25) is 0 Å². The number of rotatable bonds is 2. The van der Waals surface area contributed by atoms with Gasteiger partial charge in [-0.25, -0.2) is 13.8 Å². The SMILES string of the molecule is NC1=N[C@@]2(COC1)c1cc(-c3cc(F)ccc3F)ccc1Oc1ncc(C3CCCCC3)cc12. The monoisotopic (exact) mass is 461 g/mol. The number of halogens is 2. The van der Waals surface area contributed by atoms with E-state index in [1.165, 1.54) is 25.3 Å². The molecule has 0 radical (unpaired) electrons. The molecule has 1 aromatic heterocycles. The van der Waals surface area contributed by atoms with Crippen LogP contribution in [0.15, 0.2) is 53.7 Å². The topological polar surface area (TPSA) is 69.7 Å². The number of ether oxygens (including phenoxy) is 2. The molecule has 3 heterocycles. The van der Waals surface area contributed by atoms with Crippen LogP contribution in [0.25, 0.3) is 11.1 Å². The van der Waals surface area contributed by atoms with Crippen molar-refractivity contribution < 1.29 is 18.3 Å². The molecular formula is C27H25F2N3O2. The Morgan fingerprint density at radius 1 is 0.971 bits per heavy atom. The van der Waals surface area contributed by atoms with E-state index >= 15 is 0 Å². The van der Waals surface area contributed by atoms with E-state index in [4.69, 9.17) is 20.2 Å². The average Bonchev–Trinajstić information content (AvgIpc) is 2.86. The third-order valence-corrected chi connectivity index (χ3v) is 7.16. The Hall–Kier alpha value is -3.32. The number of nitrogens with two attached hydrogens (primary N) is 1. The quantitative estimate of drug-likeness (QED) is 0.523. The van der Waals surface area contributed by atoms with Crippen molar-refractivity contribution in [1.82, 2.24) is 4.98 Å². The molecule has 174 valence electrons. The second kappa shape index (κ2) is 8.17. The zero-order valence-electron chi connectivity index (χ0n) is 18.7. The van der Waals surface area contributed by atoms with Gasteiger partial charge in [-0.15, -0.1) is 0 Å². The van der Waals surface area contributed by atoms with Crippen molar-refractivity contribution in [1.29, 1.82) is 0 Å². The lowest BCUT2D eigenvalue weighted by molar-refractivity contribution is 0.109. The van der Waals surface area contributed by atoms with E-state index in [-0.39, 0.29) is 18.8 Å². The third-order valence-electron chi connectivity index (χ3n) is 7.16. The lowest BCUT2D eigenvalue weighted by Crippen LogP contribution is -2.42. The van der Waals surface area contributed by atoms with Gasteiger partial charge in [0, 0.05) is 22.9 Å². The largest absolute Gasteiger partial charge is 0.438 e. The molecule has 3 aliphatic rings. The number of hydrogen-bond donors (Lipinski definition) is 1. The summed E-state index contributed by atoms with van der Waals surface area (Å²) in [6.07, 6.45) is 7.86. The second-order valence-electron chi connectivity index (χ2n) is 9.35. The van der Waals surface area contributed by atoms with Gasteiger partial charge in [0.25, 0.3) is 0 Å². The van der Waals surface area contributed by atoms with Gasteiger partial charge in [0.1, 0.15) is 35.4 Å². The highest BCUT2D eigenvalue weighted by atomic mass is 19.1. The minimum atomic E-state index is -0.970. The smallest absolute Gasteiger partial charge is 0.225 e. The average molecular weight is 462 g/mol. The highest BCUT2D eigenvalue weighted by Gasteiger charge is 2.46. The molecule has 1 aliphatic carbocycles. The predicted octanol–water partition coefficient (Wildman–Crippen LogP) is 5.81. The summed E-state index contributed by atoms with van der Waals surface area (Å²) in [6, 6.07) is 10.8. The van der Waals surface area contributed by atoms with Crippen molar-refractivity contribution in [2.24, 2.45) is 10.7 Å². The van der Waals surface area contributed by atoms with Gasteiger partial charge in [-0.3, -0.25) is 4.99 Å². The highest BCUT2D eigenvalue weighted by molar-refractivity contribution is 5.84. The number of aromatic nitrogens is 1. The summed E-state index contributed by atoms with van der Waals surface area (Å²) in [7, 11) is 0. The summed E-state index contributed by atoms with van der Waals surface area (Å²) in [5.74, 6) is 0.831. The first-order valence-electron chi connectivity index (χ1n) is 11.7. The molecule has 0 saturated heterocycles. The lowest BCUT2D eigenvalue weighted by Gasteiger charge is -2.39. The van der Waals surface area contributed by atoms with Crippen molar-refractivity contribution in [2.75, 3.05) is 13.2 Å². The lowest BCUT2D eigenvalue weighted by atomic mass is 9.78. The maximum Gasteiger partial charge on any atom is 0.225 e. The van der Waals surface area contributed by atoms with Gasteiger partial charge in [-0.05, 0) is 66.3 Å². The van der Waals surface area contributed by atoms with Crippen LogP contribution in [0.3, 0.4) is 0 Å². The standard InChI is InChI=1S/C27H25F2N3O2/c28-19-7-8-23(29)20(12-19)17-6-9-24-21(10-17)27(15-33-14-25(30)32-27)22-11-18(13-31-26(22)34-24)16-4-2-1-3-5-16/h6-13,16H,1-5,14-15H2,(H2,30,32)/t27-/m0/s1. The van der Waals surface area contributed by atoms with E-state index in [0.29, 0.717) is 34.5 Å². The molecular weight excluding hydrogens is 436 g/mol. The van der Waals surface area contributed by atoms with E-state index in [1.807, 2.05) is 6.20 Å².